The van der Waals surface area contributed by atoms with Crippen molar-refractivity contribution >= 4 is 112 Å². The van der Waals surface area contributed by atoms with Crippen LogP contribution in [0.3, 0.4) is 0 Å². The number of benzene rings is 6. The van der Waals surface area contributed by atoms with E-state index in [9.17, 15) is 60.3 Å². The van der Waals surface area contributed by atoms with Gasteiger partial charge >= 0.3 is 12.2 Å². The highest BCUT2D eigenvalue weighted by Gasteiger charge is 2.41. The van der Waals surface area contributed by atoms with E-state index in [1.165, 1.54) is 115 Å². The number of hydrazine groups is 3. The van der Waals surface area contributed by atoms with Gasteiger partial charge in [-0.3, -0.25) is 54.7 Å². The molecule has 38 heteroatoms. The van der Waals surface area contributed by atoms with Gasteiger partial charge < -0.3 is 49.4 Å². The molecule has 2 aliphatic heterocycles. The third-order valence-corrected chi connectivity index (χ3v) is 20.3. The Labute approximate surface area is 706 Å². The Morgan fingerprint density at radius 1 is 0.545 bits per heavy atom. The maximum atomic E-state index is 14.0. The molecule has 2 aliphatic rings. The molecule has 12 rings (SSSR count). The fraction of sp³-hybridized carbons (Fsp3) is 0.301. The number of aromatic nitrogens is 4. The minimum absolute atomic E-state index is 0.00911. The summed E-state index contributed by atoms with van der Waals surface area (Å²) >= 11 is 18.3. The van der Waals surface area contributed by atoms with Crippen LogP contribution in [0.5, 0.6) is 0 Å². The van der Waals surface area contributed by atoms with E-state index >= 15 is 0 Å². The highest BCUT2D eigenvalue weighted by molar-refractivity contribution is 6.32. The van der Waals surface area contributed by atoms with Gasteiger partial charge in [0.2, 0.25) is 30.0 Å². The number of hydroxylamine groups is 1. The molecule has 0 spiro atoms. The van der Waals surface area contributed by atoms with Gasteiger partial charge in [0.05, 0.1) is 51.9 Å². The second-order valence-electron chi connectivity index (χ2n) is 27.4. The zero-order valence-corrected chi connectivity index (χ0v) is 67.8. The van der Waals surface area contributed by atoms with Crippen LogP contribution in [-0.4, -0.2) is 172 Å². The smallest absolute Gasteiger partial charge is 0.414 e. The normalized spacial score (nSPS) is 14.9. The molecule has 0 radical (unpaired) electrons. The van der Waals surface area contributed by atoms with Gasteiger partial charge in [0, 0.05) is 146 Å². The van der Waals surface area contributed by atoms with Gasteiger partial charge in [-0.1, -0.05) is 136 Å². The molecular weight excluding hydrogens is 1640 g/mol. The van der Waals surface area contributed by atoms with Gasteiger partial charge in [-0.25, -0.2) is 52.8 Å². The van der Waals surface area contributed by atoms with Gasteiger partial charge in [-0.2, -0.15) is 5.06 Å². The summed E-state index contributed by atoms with van der Waals surface area (Å²) in [5.41, 5.74) is 12.2. The van der Waals surface area contributed by atoms with Crippen LogP contribution in [-0.2, 0) is 69.1 Å². The van der Waals surface area contributed by atoms with E-state index in [1.54, 1.807) is 60.9 Å². The molecule has 6 heterocycles. The lowest BCUT2D eigenvalue weighted by Gasteiger charge is -2.41. The quantitative estimate of drug-likeness (QED) is 0.0101. The molecule has 6 amide bonds. The van der Waals surface area contributed by atoms with E-state index in [1.807, 2.05) is 36.4 Å². The lowest BCUT2D eigenvalue weighted by Crippen LogP contribution is -2.63. The molecule has 0 bridgehead atoms. The van der Waals surface area contributed by atoms with E-state index in [4.69, 9.17) is 58.2 Å². The van der Waals surface area contributed by atoms with Crippen molar-refractivity contribution in [3.8, 4) is 22.6 Å². The Kier molecular flexibility index (Phi) is 34.9. The number of pyridine rings is 2. The second kappa shape index (κ2) is 46.2. The highest BCUT2D eigenvalue weighted by atomic mass is 35.5. The average Bonchev–Trinajstić information content (AvgIpc) is 1.72. The van der Waals surface area contributed by atoms with Crippen molar-refractivity contribution in [2.45, 2.75) is 115 Å². The van der Waals surface area contributed by atoms with Crippen LogP contribution in [0.4, 0.5) is 49.1 Å². The van der Waals surface area contributed by atoms with Crippen molar-refractivity contribution < 1.29 is 83.7 Å². The number of ether oxygens (including phenoxy) is 2. The fourth-order valence-electron chi connectivity index (χ4n) is 13.3. The maximum absolute atomic E-state index is 14.0. The van der Waals surface area contributed by atoms with E-state index in [-0.39, 0.29) is 90.4 Å². The molecule has 6 aromatic carbocycles. The number of nitrogens with zero attached hydrogens (tertiary/aromatic N) is 8. The topological polar surface area (TPSA) is 363 Å². The monoisotopic (exact) mass is 1730 g/mol. The van der Waals surface area contributed by atoms with Crippen molar-refractivity contribution in [3.63, 3.8) is 0 Å². The fourth-order valence-corrected chi connectivity index (χ4v) is 13.8. The molecule has 10 aromatic rings. The lowest BCUT2D eigenvalue weighted by molar-refractivity contribution is -0.140. The van der Waals surface area contributed by atoms with Gasteiger partial charge in [-0.05, 0) is 95.6 Å². The molecule has 9 N–H and O–H groups in total. The molecule has 0 saturated carbocycles. The molecule has 121 heavy (non-hydrogen) atoms. The van der Waals surface area contributed by atoms with E-state index in [2.05, 4.69) is 68.5 Å². The summed E-state index contributed by atoms with van der Waals surface area (Å²) in [5, 5.41) is 32.3. The number of nitrogens with one attached hydrogen (secondary N) is 9. The van der Waals surface area contributed by atoms with Crippen LogP contribution in [0.25, 0.3) is 33.4 Å². The third-order valence-electron chi connectivity index (χ3n) is 19.0. The molecule has 7 atom stereocenters. The summed E-state index contributed by atoms with van der Waals surface area (Å²) in [5.74, 6) is -3.31. The number of halogens is 8. The number of piperazine rings is 2. The van der Waals surface area contributed by atoms with Crippen LogP contribution in [0, 0.1) is 29.1 Å². The Balaban J connectivity index is 0.000000191. The first-order chi connectivity index (χ1) is 58.5. The first kappa shape index (κ1) is 91.6. The molecule has 0 aliphatic carbocycles. The van der Waals surface area contributed by atoms with Gasteiger partial charge in [0.15, 0.2) is 17.4 Å². The third kappa shape index (κ3) is 26.6. The Morgan fingerprint density at radius 2 is 1.05 bits per heavy atom. The zero-order valence-electron chi connectivity index (χ0n) is 65.5. The summed E-state index contributed by atoms with van der Waals surface area (Å²) in [7, 11) is 0. The minimum atomic E-state index is -0.956. The predicted octanol–water partition coefficient (Wildman–Crippen LogP) is 11.8. The Bertz CT molecular complexity index is 4930. The molecule has 2 saturated heterocycles. The predicted molar refractivity (Wildman–Crippen MR) is 439 cm³/mol. The number of amides is 6. The number of rotatable bonds is 35. The SMILES string of the molecule is CC(=O)N(NCc1cccc(F)c1Cl)[C@@H](CCC=O)C(OC(=O)Nc1cc(-c2cccc(F)c2)no1)C1CNCCN1.CC(=O)N(NCc1cccc(F)c1Cl)[C@@H](CCC=O)C(OC(=O)Nc1cc(-c2cccc(F)c2)on1)C1CNCCN1.CC(=O)N(NCc1cccc(F)c1Cl)[C@H](CON(C=O)c1cc2ccccc2cn1)Cc1ccccn1. The van der Waals surface area contributed by atoms with Crippen molar-refractivity contribution in [1.82, 2.24) is 72.9 Å². The second-order valence-corrected chi connectivity index (χ2v) is 28.6. The Hall–Kier alpha value is -11.7. The summed E-state index contributed by atoms with van der Waals surface area (Å²) in [4.78, 5) is 114. The van der Waals surface area contributed by atoms with Crippen LogP contribution in [0.15, 0.2) is 185 Å². The first-order valence-electron chi connectivity index (χ1n) is 38.2. The highest BCUT2D eigenvalue weighted by Crippen LogP contribution is 2.30. The summed E-state index contributed by atoms with van der Waals surface area (Å²) in [6.45, 7) is 7.37. The number of carbonyl (C=O) groups excluding carboxylic acids is 8. The number of anilines is 3. The number of hydrogen-bond donors (Lipinski definition) is 9. The van der Waals surface area contributed by atoms with E-state index in [0.717, 1.165) is 21.5 Å². The van der Waals surface area contributed by atoms with Crippen LogP contribution in [0.1, 0.15) is 68.8 Å². The first-order valence-corrected chi connectivity index (χ1v) is 39.3. The van der Waals surface area contributed by atoms with Crippen molar-refractivity contribution in [2.75, 3.05) is 61.6 Å². The lowest BCUT2D eigenvalue weighted by atomic mass is 9.96. The van der Waals surface area contributed by atoms with E-state index in [0.29, 0.717) is 104 Å². The number of aldehydes is 2. The summed E-state index contributed by atoms with van der Waals surface area (Å²) < 4.78 is 91.4. The molecule has 4 unspecified atom stereocenters. The van der Waals surface area contributed by atoms with Crippen LogP contribution < -0.4 is 53.2 Å². The zero-order chi connectivity index (χ0) is 86.3. The van der Waals surface area contributed by atoms with Gasteiger partial charge in [0.1, 0.15) is 59.6 Å². The van der Waals surface area contributed by atoms with Gasteiger partial charge in [-0.15, -0.1) is 0 Å². The van der Waals surface area contributed by atoms with Crippen molar-refractivity contribution in [3.05, 3.63) is 243 Å². The van der Waals surface area contributed by atoms with Crippen LogP contribution >= 0.6 is 34.8 Å². The Morgan fingerprint density at radius 3 is 1.55 bits per heavy atom. The number of fused-ring (bicyclic) bond motifs is 1. The van der Waals surface area contributed by atoms with Crippen molar-refractivity contribution in [2.24, 2.45) is 0 Å². The number of carbonyl (C=O) groups is 8. The standard InChI is InChI=1S/2C28H31ClF2N6O5.C27H25ClFN5O3/c1-17(39)37(34-15-19-6-3-8-21(31)26(19)29)23(9-4-12-38)27(22-16-32-10-11-33-22)41-28(40)35-25-14-24(42-36-25)18-5-2-7-20(30)13-18;1-17(39)37(34-15-19-6-3-8-21(31)26(19)29)24(9-4-12-38)27(23-16-32-10-11-33-23)41-28(40)35-25-14-22(36-42-25)18-5-2-7-20(30)13-18;1-19(36)34(32-16-22-9-6-11-25(29)27(22)28)24(14-23-10-4-5-12-30-23)17-37-33(18-35)26-13-20-7-2-3-8-21(20)15-31-26/h2-3,5-8,12-14,22-23,27,32-34H,4,9-11,15-16H2,1H3,(H,35,36,40);2-3,5-8,12-14,23-24,27,32-34H,4,9-11,15-16H2,1H3,(H,35,40);2-13,15,18,24,32H,14,16-17H2,1H3/t22?,23-,27?;23?,24-,27?;24-/m000/s1. The summed E-state index contributed by atoms with van der Waals surface area (Å²) in [6.07, 6.45) is 2.31. The molecular formula is C83H87Cl3F5N17O13. The molecule has 4 aromatic heterocycles. The number of hydrogen-bond acceptors (Lipinski definition) is 24. The molecule has 2 fully saturated rings. The van der Waals surface area contributed by atoms with Crippen molar-refractivity contribution in [1.29, 1.82) is 0 Å². The largest absolute Gasteiger partial charge is 0.442 e. The average molecular weight is 1730 g/mol. The van der Waals surface area contributed by atoms with E-state index < -0.39 is 95.5 Å². The van der Waals surface area contributed by atoms with Crippen LogP contribution in [0.2, 0.25) is 15.1 Å². The molecule has 30 nitrogen and oxygen atoms in total. The molecule has 638 valence electrons. The maximum Gasteiger partial charge on any atom is 0.414 e. The summed E-state index contributed by atoms with van der Waals surface area (Å²) in [6, 6.07) is 39.1. The van der Waals surface area contributed by atoms with Gasteiger partial charge in [0.25, 0.3) is 0 Å². The minimum Gasteiger partial charge on any atom is -0.442 e.